The number of hydrogen-bond donors (Lipinski definition) is 0. The molecule has 0 saturated carbocycles. The highest BCUT2D eigenvalue weighted by molar-refractivity contribution is 5.99. The summed E-state index contributed by atoms with van der Waals surface area (Å²) < 4.78 is 0. The zero-order valence-electron chi connectivity index (χ0n) is 15.8. The van der Waals surface area contributed by atoms with E-state index in [1.165, 1.54) is 56.6 Å². The lowest BCUT2D eigenvalue weighted by Crippen LogP contribution is -1.85. The third-order valence-corrected chi connectivity index (χ3v) is 5.22. The van der Waals surface area contributed by atoms with Crippen LogP contribution in [0.2, 0.25) is 0 Å². The molecule has 4 rings (SSSR count). The fourth-order valence-electron chi connectivity index (χ4n) is 3.82. The van der Waals surface area contributed by atoms with Crippen molar-refractivity contribution < 1.29 is 0 Å². The lowest BCUT2D eigenvalue weighted by Gasteiger charge is -2.08. The van der Waals surface area contributed by atoms with Crippen LogP contribution in [0.4, 0.5) is 0 Å². The molecule has 0 spiro atoms. The second-order valence-electron chi connectivity index (χ2n) is 7.29. The first-order chi connectivity index (χ1) is 12.8. The average Bonchev–Trinajstić information content (AvgIpc) is 2.67. The van der Waals surface area contributed by atoms with Gasteiger partial charge in [-0.1, -0.05) is 81.3 Å². The zero-order valence-corrected chi connectivity index (χ0v) is 15.8. The molecule has 0 heteroatoms. The van der Waals surface area contributed by atoms with Crippen molar-refractivity contribution in [3.8, 4) is 11.1 Å². The summed E-state index contributed by atoms with van der Waals surface area (Å²) in [5, 5.41) is 5.31. The minimum Gasteiger partial charge on any atom is -0.0651 e. The third-order valence-electron chi connectivity index (χ3n) is 5.22. The summed E-state index contributed by atoms with van der Waals surface area (Å²) >= 11 is 0. The molecule has 0 atom stereocenters. The van der Waals surface area contributed by atoms with Gasteiger partial charge in [0.05, 0.1) is 0 Å². The normalized spacial score (nSPS) is 11.3. The van der Waals surface area contributed by atoms with Crippen molar-refractivity contribution in [1.29, 1.82) is 0 Å². The molecule has 0 aromatic heterocycles. The van der Waals surface area contributed by atoms with Crippen LogP contribution in [0.15, 0.2) is 72.8 Å². The molecule has 0 aliphatic heterocycles. The van der Waals surface area contributed by atoms with Crippen LogP contribution in [0, 0.1) is 0 Å². The minimum absolute atomic E-state index is 1.15. The number of fused-ring (bicyclic) bond motifs is 2. The van der Waals surface area contributed by atoms with E-state index < -0.39 is 0 Å². The molecule has 0 aliphatic carbocycles. The van der Waals surface area contributed by atoms with Crippen LogP contribution in [0.5, 0.6) is 0 Å². The highest BCUT2D eigenvalue weighted by Gasteiger charge is 2.03. The molecule has 0 unspecified atom stereocenters. The van der Waals surface area contributed by atoms with Crippen molar-refractivity contribution in [2.45, 2.75) is 39.5 Å². The highest BCUT2D eigenvalue weighted by Crippen LogP contribution is 2.29. The molecule has 26 heavy (non-hydrogen) atoms. The Morgan fingerprint density at radius 3 is 1.69 bits per heavy atom. The molecule has 0 radical (unpaired) electrons. The molecule has 4 aromatic rings. The van der Waals surface area contributed by atoms with Crippen LogP contribution >= 0.6 is 0 Å². The second-order valence-corrected chi connectivity index (χ2v) is 7.29. The summed E-state index contributed by atoms with van der Waals surface area (Å²) in [6.07, 6.45) is 4.70. The van der Waals surface area contributed by atoms with E-state index in [0.717, 1.165) is 12.8 Å². The first-order valence-electron chi connectivity index (χ1n) is 9.82. The van der Waals surface area contributed by atoms with Gasteiger partial charge in [-0.25, -0.2) is 0 Å². The maximum absolute atomic E-state index is 2.35. The predicted molar refractivity (Wildman–Crippen MR) is 115 cm³/mol. The van der Waals surface area contributed by atoms with E-state index in [4.69, 9.17) is 0 Å². The number of aryl methyl sites for hydroxylation is 2. The Kier molecular flexibility index (Phi) is 4.75. The Morgan fingerprint density at radius 1 is 0.462 bits per heavy atom. The summed E-state index contributed by atoms with van der Waals surface area (Å²) in [6.45, 7) is 4.47. The van der Waals surface area contributed by atoms with Crippen molar-refractivity contribution in [3.05, 3.63) is 83.9 Å². The van der Waals surface area contributed by atoms with Crippen LogP contribution in [0.3, 0.4) is 0 Å². The Balaban J connectivity index is 1.74. The molecular formula is C26H26. The molecule has 4 aromatic carbocycles. The van der Waals surface area contributed by atoms with E-state index in [1.807, 2.05) is 0 Å². The standard InChI is InChI=1S/C26H26/c1-3-5-19-7-10-21(11-8-19)22-13-14-24-17-25-15-20(6-4-2)9-12-23(25)18-26(24)16-22/h7-18H,3-6H2,1-2H3. The van der Waals surface area contributed by atoms with Crippen molar-refractivity contribution in [1.82, 2.24) is 0 Å². The number of benzene rings is 4. The zero-order chi connectivity index (χ0) is 17.9. The molecule has 0 heterocycles. The van der Waals surface area contributed by atoms with Crippen LogP contribution in [-0.4, -0.2) is 0 Å². The largest absolute Gasteiger partial charge is 0.0651 e. The van der Waals surface area contributed by atoms with Gasteiger partial charge in [0, 0.05) is 0 Å². The van der Waals surface area contributed by atoms with Gasteiger partial charge < -0.3 is 0 Å². The van der Waals surface area contributed by atoms with Gasteiger partial charge in [-0.05, 0) is 74.8 Å². The fourth-order valence-corrected chi connectivity index (χ4v) is 3.82. The summed E-state index contributed by atoms with van der Waals surface area (Å²) in [5.74, 6) is 0. The molecule has 0 bridgehead atoms. The van der Waals surface area contributed by atoms with Crippen molar-refractivity contribution >= 4 is 21.5 Å². The topological polar surface area (TPSA) is 0 Å². The summed E-state index contributed by atoms with van der Waals surface area (Å²) in [4.78, 5) is 0. The van der Waals surface area contributed by atoms with Gasteiger partial charge in [0.1, 0.15) is 0 Å². The molecule has 0 aliphatic rings. The van der Waals surface area contributed by atoms with Crippen LogP contribution < -0.4 is 0 Å². The molecule has 0 saturated heterocycles. The third kappa shape index (κ3) is 3.37. The summed E-state index contributed by atoms with van der Waals surface area (Å²) in [7, 11) is 0. The molecule has 130 valence electrons. The van der Waals surface area contributed by atoms with Gasteiger partial charge >= 0.3 is 0 Å². The SMILES string of the molecule is CCCc1ccc(-c2ccc3cc4cc(CCC)ccc4cc3c2)cc1. The maximum atomic E-state index is 2.35. The Bertz CT molecular complexity index is 1040. The molecule has 0 fully saturated rings. The van der Waals surface area contributed by atoms with Crippen molar-refractivity contribution in [3.63, 3.8) is 0 Å². The molecule has 0 N–H and O–H groups in total. The first kappa shape index (κ1) is 16.8. The van der Waals surface area contributed by atoms with Gasteiger partial charge in [-0.15, -0.1) is 0 Å². The lowest BCUT2D eigenvalue weighted by atomic mass is 9.96. The minimum atomic E-state index is 1.15. The van der Waals surface area contributed by atoms with Crippen LogP contribution in [0.1, 0.15) is 37.8 Å². The summed E-state index contributed by atoms with van der Waals surface area (Å²) in [5.41, 5.74) is 5.45. The molecule has 0 nitrogen and oxygen atoms in total. The van der Waals surface area contributed by atoms with Gasteiger partial charge in [0.2, 0.25) is 0 Å². The lowest BCUT2D eigenvalue weighted by molar-refractivity contribution is 0.922. The first-order valence-corrected chi connectivity index (χ1v) is 9.82. The van der Waals surface area contributed by atoms with Gasteiger partial charge in [-0.3, -0.25) is 0 Å². The Morgan fingerprint density at radius 2 is 1.00 bits per heavy atom. The van der Waals surface area contributed by atoms with E-state index in [0.29, 0.717) is 0 Å². The van der Waals surface area contributed by atoms with E-state index >= 15 is 0 Å². The quantitative estimate of drug-likeness (QED) is 0.329. The summed E-state index contributed by atoms with van der Waals surface area (Å²) in [6, 6.07) is 27.4. The van der Waals surface area contributed by atoms with E-state index in [-0.39, 0.29) is 0 Å². The number of hydrogen-bond acceptors (Lipinski definition) is 0. The van der Waals surface area contributed by atoms with Crippen molar-refractivity contribution in [2.24, 2.45) is 0 Å². The number of rotatable bonds is 5. The van der Waals surface area contributed by atoms with Crippen LogP contribution in [0.25, 0.3) is 32.7 Å². The average molecular weight is 338 g/mol. The highest BCUT2D eigenvalue weighted by atomic mass is 14.1. The molecular weight excluding hydrogens is 312 g/mol. The second kappa shape index (κ2) is 7.33. The molecule has 0 amide bonds. The predicted octanol–water partition coefficient (Wildman–Crippen LogP) is 7.57. The fraction of sp³-hybridized carbons (Fsp3) is 0.231. The van der Waals surface area contributed by atoms with Gasteiger partial charge in [0.25, 0.3) is 0 Å². The van der Waals surface area contributed by atoms with E-state index in [1.54, 1.807) is 0 Å². The Labute approximate surface area is 156 Å². The van der Waals surface area contributed by atoms with Crippen molar-refractivity contribution in [2.75, 3.05) is 0 Å². The smallest absolute Gasteiger partial charge is 0.0171 e. The van der Waals surface area contributed by atoms with Gasteiger partial charge in [0.15, 0.2) is 0 Å². The van der Waals surface area contributed by atoms with Gasteiger partial charge in [-0.2, -0.15) is 0 Å². The van der Waals surface area contributed by atoms with E-state index in [2.05, 4.69) is 86.6 Å². The van der Waals surface area contributed by atoms with Crippen LogP contribution in [-0.2, 0) is 12.8 Å². The monoisotopic (exact) mass is 338 g/mol. The maximum Gasteiger partial charge on any atom is -0.0171 e. The van der Waals surface area contributed by atoms with E-state index in [9.17, 15) is 0 Å². The Hall–Kier alpha value is -2.60.